The number of amides is 1. The molecule has 0 atom stereocenters. The molecule has 2 aromatic rings. The molecule has 0 aliphatic heterocycles. The molecule has 0 saturated carbocycles. The highest BCUT2D eigenvalue weighted by atomic mass is 16.6. The molecule has 122 valence electrons. The van der Waals surface area contributed by atoms with Crippen molar-refractivity contribution in [2.75, 3.05) is 7.11 Å². The van der Waals surface area contributed by atoms with Crippen molar-refractivity contribution in [3.05, 3.63) is 75.7 Å². The number of non-ortho nitro benzene ring substituents is 1. The number of carbonyl (C=O) groups excluding carboxylic acids is 2. The molecule has 2 rings (SSSR count). The summed E-state index contributed by atoms with van der Waals surface area (Å²) in [6, 6.07) is 8.32. The molecule has 0 aliphatic rings. The molecule has 8 heteroatoms. The van der Waals surface area contributed by atoms with Gasteiger partial charge >= 0.3 is 5.97 Å². The molecule has 1 amide bonds. The quantitative estimate of drug-likeness (QED) is 0.389. The maximum atomic E-state index is 12.2. The average Bonchev–Trinajstić information content (AvgIpc) is 2.61. The Morgan fingerprint density at radius 1 is 1.17 bits per heavy atom. The van der Waals surface area contributed by atoms with Gasteiger partial charge in [0.2, 0.25) is 0 Å². The van der Waals surface area contributed by atoms with E-state index >= 15 is 0 Å². The van der Waals surface area contributed by atoms with Gasteiger partial charge in [-0.05, 0) is 35.9 Å². The molecule has 0 unspecified atom stereocenters. The van der Waals surface area contributed by atoms with Crippen LogP contribution in [0.4, 0.5) is 5.69 Å². The van der Waals surface area contributed by atoms with Crippen molar-refractivity contribution in [3.63, 3.8) is 0 Å². The van der Waals surface area contributed by atoms with Gasteiger partial charge in [-0.15, -0.1) is 0 Å². The number of pyridine rings is 1. The summed E-state index contributed by atoms with van der Waals surface area (Å²) in [7, 11) is 1.20. The smallest absolute Gasteiger partial charge is 0.354 e. The number of aromatic nitrogens is 1. The Bertz CT molecular complexity index is 785. The normalized spacial score (nSPS) is 10.8. The van der Waals surface area contributed by atoms with Gasteiger partial charge in [0, 0.05) is 30.1 Å². The average molecular weight is 327 g/mol. The largest absolute Gasteiger partial charge is 0.464 e. The highest BCUT2D eigenvalue weighted by Crippen LogP contribution is 2.13. The number of esters is 1. The number of hydrogen-bond acceptors (Lipinski definition) is 6. The molecule has 8 nitrogen and oxygen atoms in total. The van der Waals surface area contributed by atoms with E-state index in [4.69, 9.17) is 0 Å². The first-order valence-corrected chi connectivity index (χ1v) is 6.77. The predicted octanol–water partition coefficient (Wildman–Crippen LogP) is 1.93. The lowest BCUT2D eigenvalue weighted by Crippen LogP contribution is -2.28. The van der Waals surface area contributed by atoms with Gasteiger partial charge in [0.1, 0.15) is 5.70 Å². The third-order valence-electron chi connectivity index (χ3n) is 3.01. The van der Waals surface area contributed by atoms with Gasteiger partial charge in [-0.25, -0.2) is 4.79 Å². The summed E-state index contributed by atoms with van der Waals surface area (Å²) in [4.78, 5) is 37.9. The van der Waals surface area contributed by atoms with Gasteiger partial charge < -0.3 is 10.1 Å². The molecule has 1 N–H and O–H groups in total. The van der Waals surface area contributed by atoms with E-state index < -0.39 is 16.8 Å². The first-order chi connectivity index (χ1) is 11.5. The van der Waals surface area contributed by atoms with E-state index in [0.29, 0.717) is 5.56 Å². The highest BCUT2D eigenvalue weighted by molar-refractivity contribution is 6.03. The number of nitro groups is 1. The van der Waals surface area contributed by atoms with Crippen LogP contribution in [0.25, 0.3) is 6.08 Å². The maximum absolute atomic E-state index is 12.2. The Kier molecular flexibility index (Phi) is 5.35. The van der Waals surface area contributed by atoms with E-state index in [-0.39, 0.29) is 16.9 Å². The number of carbonyl (C=O) groups is 2. The van der Waals surface area contributed by atoms with Gasteiger partial charge in [0.15, 0.2) is 0 Å². The number of methoxy groups -OCH3 is 1. The number of nitrogens with one attached hydrogen (secondary N) is 1. The molecule has 1 heterocycles. The molecule has 0 spiro atoms. The van der Waals surface area contributed by atoms with Crippen molar-refractivity contribution < 1.29 is 19.2 Å². The number of rotatable bonds is 5. The van der Waals surface area contributed by atoms with Gasteiger partial charge in [-0.1, -0.05) is 0 Å². The summed E-state index contributed by atoms with van der Waals surface area (Å²) >= 11 is 0. The molecule has 0 bridgehead atoms. The van der Waals surface area contributed by atoms with Gasteiger partial charge in [-0.2, -0.15) is 0 Å². The maximum Gasteiger partial charge on any atom is 0.354 e. The van der Waals surface area contributed by atoms with Gasteiger partial charge in [0.25, 0.3) is 11.6 Å². The van der Waals surface area contributed by atoms with Crippen LogP contribution in [0, 0.1) is 10.1 Å². The summed E-state index contributed by atoms with van der Waals surface area (Å²) in [5.74, 6) is -1.31. The van der Waals surface area contributed by atoms with Crippen molar-refractivity contribution in [3.8, 4) is 0 Å². The van der Waals surface area contributed by atoms with Crippen molar-refractivity contribution in [2.45, 2.75) is 0 Å². The van der Waals surface area contributed by atoms with Gasteiger partial charge in [-0.3, -0.25) is 19.9 Å². The fourth-order valence-corrected chi connectivity index (χ4v) is 1.81. The minimum atomic E-state index is -0.720. The summed E-state index contributed by atoms with van der Waals surface area (Å²) in [6.07, 6.45) is 4.52. The SMILES string of the molecule is COC(=O)/C(=C\c1ccncc1)NC(=O)c1ccc([N+](=O)[O-])cc1. The summed E-state index contributed by atoms with van der Waals surface area (Å²) in [5.41, 5.74) is 0.624. The summed E-state index contributed by atoms with van der Waals surface area (Å²) in [5, 5.41) is 13.1. The van der Waals surface area contributed by atoms with Crippen LogP contribution in [0.5, 0.6) is 0 Å². The van der Waals surface area contributed by atoms with Crippen LogP contribution >= 0.6 is 0 Å². The van der Waals surface area contributed by atoms with Crippen LogP contribution in [0.3, 0.4) is 0 Å². The van der Waals surface area contributed by atoms with E-state index in [2.05, 4.69) is 15.0 Å². The van der Waals surface area contributed by atoms with Crippen molar-refractivity contribution >= 4 is 23.6 Å². The molecule has 0 radical (unpaired) electrons. The lowest BCUT2D eigenvalue weighted by Gasteiger charge is -2.08. The molecular formula is C16H13N3O5. The molecule has 24 heavy (non-hydrogen) atoms. The zero-order chi connectivity index (χ0) is 17.5. The first-order valence-electron chi connectivity index (χ1n) is 6.77. The van der Waals surface area contributed by atoms with E-state index in [1.54, 1.807) is 24.5 Å². The Hall–Kier alpha value is -3.55. The molecule has 1 aromatic heterocycles. The standard InChI is InChI=1S/C16H13N3O5/c1-24-16(21)14(10-11-6-8-17-9-7-11)18-15(20)12-2-4-13(5-3-12)19(22)23/h2-10H,1H3,(H,18,20)/b14-10+. The fraction of sp³-hybridized carbons (Fsp3) is 0.0625. The fourth-order valence-electron chi connectivity index (χ4n) is 1.81. The Morgan fingerprint density at radius 3 is 2.33 bits per heavy atom. The number of nitrogens with zero attached hydrogens (tertiary/aromatic N) is 2. The molecule has 0 aliphatic carbocycles. The van der Waals surface area contributed by atoms with Crippen molar-refractivity contribution in [2.24, 2.45) is 0 Å². The Morgan fingerprint density at radius 2 is 1.79 bits per heavy atom. The molecule has 0 saturated heterocycles. The summed E-state index contributed by atoms with van der Waals surface area (Å²) in [6.45, 7) is 0. The first kappa shape index (κ1) is 16.8. The number of ether oxygens (including phenoxy) is 1. The second kappa shape index (κ2) is 7.63. The van der Waals surface area contributed by atoms with E-state index in [9.17, 15) is 19.7 Å². The van der Waals surface area contributed by atoms with Crippen LogP contribution in [-0.2, 0) is 9.53 Å². The Labute approximate surface area is 136 Å². The van der Waals surface area contributed by atoms with E-state index in [0.717, 1.165) is 0 Å². The lowest BCUT2D eigenvalue weighted by atomic mass is 10.1. The molecule has 1 aromatic carbocycles. The minimum Gasteiger partial charge on any atom is -0.464 e. The number of hydrogen-bond donors (Lipinski definition) is 1. The number of nitro benzene ring substituents is 1. The van der Waals surface area contributed by atoms with Crippen LogP contribution < -0.4 is 5.32 Å². The van der Waals surface area contributed by atoms with E-state index in [1.165, 1.54) is 37.5 Å². The van der Waals surface area contributed by atoms with Crippen LogP contribution in [0.2, 0.25) is 0 Å². The third kappa shape index (κ3) is 4.23. The highest BCUT2D eigenvalue weighted by Gasteiger charge is 2.16. The minimum absolute atomic E-state index is 0.0629. The van der Waals surface area contributed by atoms with Gasteiger partial charge in [0.05, 0.1) is 12.0 Å². The summed E-state index contributed by atoms with van der Waals surface area (Å²) < 4.78 is 4.65. The zero-order valence-electron chi connectivity index (χ0n) is 12.6. The van der Waals surface area contributed by atoms with Crippen molar-refractivity contribution in [1.82, 2.24) is 10.3 Å². The monoisotopic (exact) mass is 327 g/mol. The molecular weight excluding hydrogens is 314 g/mol. The van der Waals surface area contributed by atoms with Crippen molar-refractivity contribution in [1.29, 1.82) is 0 Å². The number of benzene rings is 1. The van der Waals surface area contributed by atoms with Crippen LogP contribution in [0.15, 0.2) is 54.5 Å². The topological polar surface area (TPSA) is 111 Å². The lowest BCUT2D eigenvalue weighted by molar-refractivity contribution is -0.384. The van der Waals surface area contributed by atoms with Crippen LogP contribution in [0.1, 0.15) is 15.9 Å². The third-order valence-corrected chi connectivity index (χ3v) is 3.01. The zero-order valence-corrected chi connectivity index (χ0v) is 12.6. The van der Waals surface area contributed by atoms with Crippen LogP contribution in [-0.4, -0.2) is 28.9 Å². The molecule has 0 fully saturated rings. The van der Waals surface area contributed by atoms with E-state index in [1.807, 2.05) is 0 Å². The predicted molar refractivity (Wildman–Crippen MR) is 84.8 cm³/mol. The second-order valence-electron chi connectivity index (χ2n) is 4.59. The second-order valence-corrected chi connectivity index (χ2v) is 4.59. The Balaban J connectivity index is 2.23.